The highest BCUT2D eigenvalue weighted by Gasteiger charge is 2.30. The summed E-state index contributed by atoms with van der Waals surface area (Å²) >= 11 is 0. The number of aliphatic carboxylic acids is 2. The lowest BCUT2D eigenvalue weighted by Crippen LogP contribution is -2.56. The van der Waals surface area contributed by atoms with Crippen LogP contribution in [0.15, 0.2) is 30.3 Å². The minimum Gasteiger partial charge on any atom is -0.481 e. The van der Waals surface area contributed by atoms with Crippen molar-refractivity contribution in [3.63, 3.8) is 0 Å². The number of ether oxygens (including phenoxy) is 1. The number of amides is 3. The molecule has 0 saturated carbocycles. The Hall–Kier alpha value is -4.10. The van der Waals surface area contributed by atoms with Gasteiger partial charge in [0.1, 0.15) is 24.7 Å². The number of carbonyl (C=O) groups is 6. The number of Topliss-reactive ketones (excluding diaryl/α,β-unsaturated/α-hetero) is 1. The Kier molecular flexibility index (Phi) is 15.4. The van der Waals surface area contributed by atoms with E-state index >= 15 is 0 Å². The number of rotatable bonds is 13. The van der Waals surface area contributed by atoms with Crippen LogP contribution in [0.4, 0.5) is 13.6 Å². The highest BCUT2D eigenvalue weighted by atomic mass is 19.1. The zero-order chi connectivity index (χ0) is 28.5. The molecule has 5 N–H and O–H groups in total. The summed E-state index contributed by atoms with van der Waals surface area (Å²) in [6, 6.07) is 5.11. The van der Waals surface area contributed by atoms with Crippen molar-refractivity contribution in [1.82, 2.24) is 16.0 Å². The maximum Gasteiger partial charge on any atom is 0.408 e. The lowest BCUT2D eigenvalue weighted by molar-refractivity contribution is -0.147. The second kappa shape index (κ2) is 17.3. The summed E-state index contributed by atoms with van der Waals surface area (Å²) in [4.78, 5) is 68.0. The number of hydrogen-bond donors (Lipinski definition) is 5. The molecule has 0 fully saturated rings. The Morgan fingerprint density at radius 1 is 0.865 bits per heavy atom. The van der Waals surface area contributed by atoms with Gasteiger partial charge in [-0.25, -0.2) is 18.4 Å². The topological polar surface area (TPSA) is 188 Å². The molecule has 0 bridgehead atoms. The average Bonchev–Trinajstić information content (AvgIpc) is 2.85. The zero-order valence-electron chi connectivity index (χ0n) is 20.5. The van der Waals surface area contributed by atoms with Crippen molar-refractivity contribution in [3.05, 3.63) is 35.9 Å². The SMILES string of the molecule is CC(C)[C@H](NC(=O)OCc1ccccc1)C(=O)N[C@@H](C)C(=O)N[C@@H](CC(=O)O)C(=O)O.O=C(CF)CF. The van der Waals surface area contributed by atoms with Crippen molar-refractivity contribution in [3.8, 4) is 0 Å². The number of ketones is 1. The predicted molar refractivity (Wildman–Crippen MR) is 125 cm³/mol. The molecule has 0 saturated heterocycles. The largest absolute Gasteiger partial charge is 0.481 e. The highest BCUT2D eigenvalue weighted by Crippen LogP contribution is 2.05. The van der Waals surface area contributed by atoms with Crippen LogP contribution in [-0.2, 0) is 35.3 Å². The normalized spacial score (nSPS) is 12.6. The number of carbonyl (C=O) groups excluding carboxylic acids is 4. The Morgan fingerprint density at radius 3 is 1.86 bits per heavy atom. The molecule has 37 heavy (non-hydrogen) atoms. The van der Waals surface area contributed by atoms with Gasteiger partial charge in [0, 0.05) is 0 Å². The lowest BCUT2D eigenvalue weighted by atomic mass is 10.0. The van der Waals surface area contributed by atoms with Gasteiger partial charge in [0.2, 0.25) is 11.8 Å². The molecule has 14 heteroatoms. The molecule has 0 aliphatic rings. The van der Waals surface area contributed by atoms with Crippen LogP contribution in [0, 0.1) is 5.92 Å². The fraction of sp³-hybridized carbons (Fsp3) is 0.478. The van der Waals surface area contributed by atoms with Gasteiger partial charge in [-0.05, 0) is 18.4 Å². The summed E-state index contributed by atoms with van der Waals surface area (Å²) in [6.45, 7) is 2.31. The summed E-state index contributed by atoms with van der Waals surface area (Å²) in [5.74, 6) is -5.82. The van der Waals surface area contributed by atoms with Crippen molar-refractivity contribution in [2.24, 2.45) is 5.92 Å². The molecule has 0 spiro atoms. The molecule has 0 unspecified atom stereocenters. The van der Waals surface area contributed by atoms with Crippen LogP contribution in [-0.4, -0.2) is 77.3 Å². The molecule has 0 radical (unpaired) electrons. The second-order valence-corrected chi connectivity index (χ2v) is 7.96. The van der Waals surface area contributed by atoms with Crippen LogP contribution >= 0.6 is 0 Å². The molecule has 0 aromatic heterocycles. The smallest absolute Gasteiger partial charge is 0.408 e. The first-order chi connectivity index (χ1) is 17.3. The number of benzene rings is 1. The Labute approximate surface area is 211 Å². The van der Waals surface area contributed by atoms with Gasteiger partial charge >= 0.3 is 18.0 Å². The zero-order valence-corrected chi connectivity index (χ0v) is 20.5. The van der Waals surface area contributed by atoms with Gasteiger partial charge in [0.25, 0.3) is 0 Å². The molecule has 0 heterocycles. The minimum atomic E-state index is -1.64. The first-order valence-electron chi connectivity index (χ1n) is 11.0. The molecule has 0 aliphatic heterocycles. The molecule has 206 valence electrons. The van der Waals surface area contributed by atoms with Gasteiger partial charge in [-0.1, -0.05) is 44.2 Å². The van der Waals surface area contributed by atoms with Crippen molar-refractivity contribution in [1.29, 1.82) is 0 Å². The lowest BCUT2D eigenvalue weighted by Gasteiger charge is -2.24. The van der Waals surface area contributed by atoms with Crippen LogP contribution in [0.25, 0.3) is 0 Å². The van der Waals surface area contributed by atoms with Gasteiger partial charge in [0.15, 0.2) is 19.1 Å². The molecule has 1 aromatic carbocycles. The molecular formula is C23H31F2N3O9. The van der Waals surface area contributed by atoms with E-state index in [9.17, 15) is 37.5 Å². The number of hydrogen-bond acceptors (Lipinski definition) is 7. The summed E-state index contributed by atoms with van der Waals surface area (Å²) in [6.07, 6.45) is -1.63. The number of alkyl carbamates (subject to hydrolysis) is 1. The van der Waals surface area contributed by atoms with Crippen LogP contribution in [0.5, 0.6) is 0 Å². The van der Waals surface area contributed by atoms with E-state index in [1.54, 1.807) is 38.1 Å². The van der Waals surface area contributed by atoms with Crippen LogP contribution < -0.4 is 16.0 Å². The first kappa shape index (κ1) is 32.9. The highest BCUT2D eigenvalue weighted by molar-refractivity contribution is 5.93. The van der Waals surface area contributed by atoms with E-state index in [1.807, 2.05) is 6.07 Å². The van der Waals surface area contributed by atoms with Crippen LogP contribution in [0.3, 0.4) is 0 Å². The van der Waals surface area contributed by atoms with Gasteiger partial charge in [-0.15, -0.1) is 0 Å². The molecule has 1 rings (SSSR count). The molecule has 12 nitrogen and oxygen atoms in total. The van der Waals surface area contributed by atoms with E-state index in [2.05, 4.69) is 16.0 Å². The maximum absolute atomic E-state index is 12.5. The van der Waals surface area contributed by atoms with Gasteiger partial charge in [-0.3, -0.25) is 19.2 Å². The average molecular weight is 532 g/mol. The van der Waals surface area contributed by atoms with Crippen LogP contribution in [0.1, 0.15) is 32.8 Å². The third-order valence-corrected chi connectivity index (χ3v) is 4.48. The fourth-order valence-electron chi connectivity index (χ4n) is 2.50. The van der Waals surface area contributed by atoms with Crippen molar-refractivity contribution < 1.29 is 52.5 Å². The van der Waals surface area contributed by atoms with Gasteiger partial charge < -0.3 is 30.9 Å². The van der Waals surface area contributed by atoms with Gasteiger partial charge in [0.05, 0.1) is 6.42 Å². The van der Waals surface area contributed by atoms with E-state index in [1.165, 1.54) is 6.92 Å². The summed E-state index contributed by atoms with van der Waals surface area (Å²) in [7, 11) is 0. The van der Waals surface area contributed by atoms with Gasteiger partial charge in [-0.2, -0.15) is 0 Å². The molecule has 3 amide bonds. The molecule has 1 aromatic rings. The summed E-state index contributed by atoms with van der Waals surface area (Å²) < 4.78 is 26.7. The van der Waals surface area contributed by atoms with Crippen molar-refractivity contribution >= 4 is 35.6 Å². The maximum atomic E-state index is 12.5. The number of carboxylic acid groups (broad SMARTS) is 2. The Morgan fingerprint density at radius 2 is 1.43 bits per heavy atom. The Balaban J connectivity index is 0.00000192. The van der Waals surface area contributed by atoms with E-state index < -0.39 is 73.5 Å². The number of carboxylic acids is 2. The quantitative estimate of drug-likeness (QED) is 0.247. The van der Waals surface area contributed by atoms with Crippen molar-refractivity contribution in [2.45, 2.75) is 51.9 Å². The predicted octanol–water partition coefficient (Wildman–Crippen LogP) is 0.981. The molecular weight excluding hydrogens is 500 g/mol. The van der Waals surface area contributed by atoms with E-state index in [4.69, 9.17) is 14.9 Å². The number of alkyl halides is 2. The third-order valence-electron chi connectivity index (χ3n) is 4.48. The van der Waals surface area contributed by atoms with E-state index in [0.717, 1.165) is 5.56 Å². The standard InChI is InChI=1S/C20H27N3O8.C3H4F2O/c1-11(2)16(23-20(30)31-10-13-7-5-4-6-8-13)18(27)21-12(3)17(26)22-14(19(28)29)9-15(24)25;4-1-3(6)2-5/h4-8,11-12,14,16H,9-10H2,1-3H3,(H,21,27)(H,22,26)(H,23,30)(H,24,25)(H,28,29);1-2H2/t12-,14-,16-;/m0./s1. The monoisotopic (exact) mass is 531 g/mol. The van der Waals surface area contributed by atoms with E-state index in [-0.39, 0.29) is 12.5 Å². The van der Waals surface area contributed by atoms with Crippen molar-refractivity contribution in [2.75, 3.05) is 13.3 Å². The third kappa shape index (κ3) is 14.1. The summed E-state index contributed by atoms with van der Waals surface area (Å²) in [5, 5.41) is 24.6. The molecule has 0 aliphatic carbocycles. The number of nitrogens with one attached hydrogen (secondary N) is 3. The first-order valence-corrected chi connectivity index (χ1v) is 11.0. The van der Waals surface area contributed by atoms with Crippen LogP contribution in [0.2, 0.25) is 0 Å². The minimum absolute atomic E-state index is 0.0120. The van der Waals surface area contributed by atoms with E-state index in [0.29, 0.717) is 0 Å². The second-order valence-electron chi connectivity index (χ2n) is 7.96. The number of halogens is 2. The Bertz CT molecular complexity index is 923. The summed E-state index contributed by atoms with van der Waals surface area (Å²) in [5.41, 5.74) is 0.767. The molecule has 3 atom stereocenters. The fourth-order valence-corrected chi connectivity index (χ4v) is 2.50.